The van der Waals surface area contributed by atoms with Gasteiger partial charge in [-0.15, -0.1) is 0 Å². The van der Waals surface area contributed by atoms with Gasteiger partial charge in [-0.05, 0) is 54.6 Å². The van der Waals surface area contributed by atoms with E-state index in [2.05, 4.69) is 20.3 Å². The standard InChI is InChI=1S/C19H13ClN4O/c20-13-2-1-3-14(10-13)22-18-9-8-16-19(24-18)23-17(11-21-16)12-4-6-15(25)7-5-12/h1-11,25H,(H,22,23,24). The van der Waals surface area contributed by atoms with Crippen LogP contribution in [0, 0.1) is 0 Å². The molecule has 0 saturated heterocycles. The van der Waals surface area contributed by atoms with Crippen LogP contribution in [0.5, 0.6) is 5.75 Å². The number of hydrogen-bond donors (Lipinski definition) is 2. The van der Waals surface area contributed by atoms with Crippen LogP contribution in [0.2, 0.25) is 5.02 Å². The van der Waals surface area contributed by atoms with E-state index in [1.165, 1.54) is 0 Å². The molecule has 2 heterocycles. The summed E-state index contributed by atoms with van der Waals surface area (Å²) in [5.41, 5.74) is 3.65. The lowest BCUT2D eigenvalue weighted by Gasteiger charge is -2.07. The normalized spacial score (nSPS) is 10.8. The first-order chi connectivity index (χ1) is 12.2. The molecule has 0 unspecified atom stereocenters. The van der Waals surface area contributed by atoms with Crippen LogP contribution < -0.4 is 5.32 Å². The molecule has 2 aromatic carbocycles. The van der Waals surface area contributed by atoms with Gasteiger partial charge in [-0.3, -0.25) is 4.98 Å². The minimum absolute atomic E-state index is 0.212. The molecule has 4 aromatic rings. The van der Waals surface area contributed by atoms with Crippen LogP contribution in [0.3, 0.4) is 0 Å². The molecular formula is C19H13ClN4O. The van der Waals surface area contributed by atoms with E-state index in [0.717, 1.165) is 11.3 Å². The molecule has 0 saturated carbocycles. The number of pyridine rings is 1. The van der Waals surface area contributed by atoms with Gasteiger partial charge in [0.05, 0.1) is 11.9 Å². The number of anilines is 2. The van der Waals surface area contributed by atoms with Gasteiger partial charge in [-0.1, -0.05) is 17.7 Å². The fourth-order valence-electron chi connectivity index (χ4n) is 2.45. The molecule has 0 aliphatic rings. The highest BCUT2D eigenvalue weighted by molar-refractivity contribution is 6.30. The first-order valence-electron chi connectivity index (χ1n) is 7.63. The predicted molar refractivity (Wildman–Crippen MR) is 99.2 cm³/mol. The molecule has 6 heteroatoms. The molecule has 0 radical (unpaired) electrons. The molecule has 2 aromatic heterocycles. The Hall–Kier alpha value is -3.18. The molecule has 25 heavy (non-hydrogen) atoms. The maximum absolute atomic E-state index is 9.41. The zero-order valence-electron chi connectivity index (χ0n) is 13.0. The number of aromatic nitrogens is 3. The topological polar surface area (TPSA) is 70.9 Å². The van der Waals surface area contributed by atoms with Crippen molar-refractivity contribution in [2.24, 2.45) is 0 Å². The lowest BCUT2D eigenvalue weighted by molar-refractivity contribution is 0.475. The molecular weight excluding hydrogens is 336 g/mol. The summed E-state index contributed by atoms with van der Waals surface area (Å²) in [4.78, 5) is 13.5. The molecule has 0 aliphatic heterocycles. The molecule has 0 bridgehead atoms. The van der Waals surface area contributed by atoms with Crippen molar-refractivity contribution in [2.45, 2.75) is 0 Å². The number of phenolic OH excluding ortho intramolecular Hbond substituents is 1. The summed E-state index contributed by atoms with van der Waals surface area (Å²) >= 11 is 6.01. The van der Waals surface area contributed by atoms with Gasteiger partial charge in [0.1, 0.15) is 17.1 Å². The van der Waals surface area contributed by atoms with Gasteiger partial charge in [0.2, 0.25) is 0 Å². The second kappa shape index (κ2) is 6.37. The average Bonchev–Trinajstić information content (AvgIpc) is 2.62. The van der Waals surface area contributed by atoms with Crippen molar-refractivity contribution < 1.29 is 5.11 Å². The van der Waals surface area contributed by atoms with Crippen LogP contribution in [-0.4, -0.2) is 20.1 Å². The minimum Gasteiger partial charge on any atom is -0.508 e. The number of rotatable bonds is 3. The van der Waals surface area contributed by atoms with E-state index in [1.54, 1.807) is 30.5 Å². The Morgan fingerprint density at radius 2 is 1.76 bits per heavy atom. The summed E-state index contributed by atoms with van der Waals surface area (Å²) in [6.45, 7) is 0. The van der Waals surface area contributed by atoms with E-state index in [4.69, 9.17) is 11.6 Å². The second-order valence-electron chi connectivity index (χ2n) is 5.48. The largest absolute Gasteiger partial charge is 0.508 e. The zero-order valence-corrected chi connectivity index (χ0v) is 13.8. The molecule has 5 nitrogen and oxygen atoms in total. The Balaban J connectivity index is 1.70. The van der Waals surface area contributed by atoms with Crippen LogP contribution >= 0.6 is 11.6 Å². The first kappa shape index (κ1) is 15.4. The van der Waals surface area contributed by atoms with Crippen LogP contribution in [0.15, 0.2) is 66.9 Å². The SMILES string of the molecule is Oc1ccc(-c2cnc3ccc(Nc4cccc(Cl)c4)nc3n2)cc1. The summed E-state index contributed by atoms with van der Waals surface area (Å²) < 4.78 is 0. The molecule has 0 fully saturated rings. The number of nitrogens with one attached hydrogen (secondary N) is 1. The maximum Gasteiger partial charge on any atom is 0.180 e. The number of halogens is 1. The van der Waals surface area contributed by atoms with Gasteiger partial charge >= 0.3 is 0 Å². The molecule has 2 N–H and O–H groups in total. The van der Waals surface area contributed by atoms with Crippen LogP contribution in [0.25, 0.3) is 22.4 Å². The van der Waals surface area contributed by atoms with Gasteiger partial charge in [0.15, 0.2) is 5.65 Å². The number of hydrogen-bond acceptors (Lipinski definition) is 5. The first-order valence-corrected chi connectivity index (χ1v) is 8.01. The van der Waals surface area contributed by atoms with Crippen molar-refractivity contribution in [2.75, 3.05) is 5.32 Å². The fraction of sp³-hybridized carbons (Fsp3) is 0. The number of phenols is 1. The smallest absolute Gasteiger partial charge is 0.180 e. The van der Waals surface area contributed by atoms with E-state index in [-0.39, 0.29) is 5.75 Å². The molecule has 4 rings (SSSR count). The Morgan fingerprint density at radius 3 is 2.56 bits per heavy atom. The zero-order chi connectivity index (χ0) is 17.2. The van der Waals surface area contributed by atoms with Crippen molar-refractivity contribution in [1.82, 2.24) is 15.0 Å². The maximum atomic E-state index is 9.41. The number of benzene rings is 2. The Bertz CT molecular complexity index is 1050. The van der Waals surface area contributed by atoms with Gasteiger partial charge in [-0.25, -0.2) is 9.97 Å². The quantitative estimate of drug-likeness (QED) is 0.556. The predicted octanol–water partition coefficient (Wildman–Crippen LogP) is 4.79. The van der Waals surface area contributed by atoms with Crippen molar-refractivity contribution in [3.63, 3.8) is 0 Å². The summed E-state index contributed by atoms with van der Waals surface area (Å²) in [7, 11) is 0. The third-order valence-corrected chi connectivity index (χ3v) is 3.90. The number of nitrogens with zero attached hydrogens (tertiary/aromatic N) is 3. The van der Waals surface area contributed by atoms with E-state index in [9.17, 15) is 5.11 Å². The fourth-order valence-corrected chi connectivity index (χ4v) is 2.64. The van der Waals surface area contributed by atoms with E-state index >= 15 is 0 Å². The van der Waals surface area contributed by atoms with Crippen molar-refractivity contribution in [1.29, 1.82) is 0 Å². The van der Waals surface area contributed by atoms with Gasteiger partial charge in [-0.2, -0.15) is 0 Å². The average molecular weight is 349 g/mol. The summed E-state index contributed by atoms with van der Waals surface area (Å²) in [5, 5.41) is 13.3. The second-order valence-corrected chi connectivity index (χ2v) is 5.91. The summed E-state index contributed by atoms with van der Waals surface area (Å²) in [5.74, 6) is 0.871. The summed E-state index contributed by atoms with van der Waals surface area (Å²) in [6, 6.07) is 17.9. The summed E-state index contributed by atoms with van der Waals surface area (Å²) in [6.07, 6.45) is 1.69. The third kappa shape index (κ3) is 3.36. The number of fused-ring (bicyclic) bond motifs is 1. The molecule has 122 valence electrons. The lowest BCUT2D eigenvalue weighted by Crippen LogP contribution is -1.96. The van der Waals surface area contributed by atoms with E-state index < -0.39 is 0 Å². The highest BCUT2D eigenvalue weighted by atomic mass is 35.5. The monoisotopic (exact) mass is 348 g/mol. The Morgan fingerprint density at radius 1 is 0.920 bits per heavy atom. The van der Waals surface area contributed by atoms with Gasteiger partial charge < -0.3 is 10.4 Å². The third-order valence-electron chi connectivity index (χ3n) is 3.67. The molecule has 0 amide bonds. The highest BCUT2D eigenvalue weighted by Crippen LogP contribution is 2.23. The van der Waals surface area contributed by atoms with Crippen molar-refractivity contribution >= 4 is 34.3 Å². The minimum atomic E-state index is 0.212. The van der Waals surface area contributed by atoms with Crippen molar-refractivity contribution in [3.8, 4) is 17.0 Å². The number of aromatic hydroxyl groups is 1. The molecule has 0 atom stereocenters. The van der Waals surface area contributed by atoms with Crippen molar-refractivity contribution in [3.05, 3.63) is 71.9 Å². The Labute approximate surface area is 149 Å². The van der Waals surface area contributed by atoms with Crippen LogP contribution in [0.1, 0.15) is 0 Å². The van der Waals surface area contributed by atoms with Crippen LogP contribution in [-0.2, 0) is 0 Å². The van der Waals surface area contributed by atoms with Gasteiger partial charge in [0, 0.05) is 16.3 Å². The Kier molecular flexibility index (Phi) is 3.91. The van der Waals surface area contributed by atoms with Crippen LogP contribution in [0.4, 0.5) is 11.5 Å². The lowest BCUT2D eigenvalue weighted by atomic mass is 10.1. The van der Waals surface area contributed by atoms with E-state index in [0.29, 0.717) is 27.7 Å². The van der Waals surface area contributed by atoms with E-state index in [1.807, 2.05) is 36.4 Å². The highest BCUT2D eigenvalue weighted by Gasteiger charge is 2.06. The van der Waals surface area contributed by atoms with Gasteiger partial charge in [0.25, 0.3) is 0 Å². The molecule has 0 spiro atoms. The molecule has 0 aliphatic carbocycles.